The largest absolute Gasteiger partial charge is 1.00 e. The molecule has 0 fully saturated rings. The Morgan fingerprint density at radius 1 is 0.867 bits per heavy atom. The van der Waals surface area contributed by atoms with Crippen LogP contribution in [0, 0.1) is 5.92 Å². The van der Waals surface area contributed by atoms with Crippen LogP contribution >= 0.6 is 0 Å². The zero-order valence-corrected chi connectivity index (χ0v) is 23.4. The average molecular weight is 532 g/mol. The maximum atomic E-state index is 2.53. The van der Waals surface area contributed by atoms with Crippen molar-refractivity contribution in [2.24, 2.45) is 5.92 Å². The van der Waals surface area contributed by atoms with Crippen molar-refractivity contribution in [3.05, 3.63) is 77.4 Å². The van der Waals surface area contributed by atoms with E-state index in [1.165, 1.54) is 28.3 Å². The second kappa shape index (κ2) is 10.8. The van der Waals surface area contributed by atoms with Crippen molar-refractivity contribution in [1.82, 2.24) is 0 Å². The molecule has 0 amide bonds. The van der Waals surface area contributed by atoms with Gasteiger partial charge in [-0.3, -0.25) is 0 Å². The van der Waals surface area contributed by atoms with E-state index >= 15 is 0 Å². The minimum absolute atomic E-state index is 0. The Labute approximate surface area is 206 Å². The van der Waals surface area contributed by atoms with E-state index in [1.807, 2.05) is 0 Å². The quantitative estimate of drug-likeness (QED) is 0.440. The third-order valence-electron chi connectivity index (χ3n) is 5.75. The Bertz CT molecular complexity index is 1050. The normalized spacial score (nSPS) is 15.1. The number of halogens is 2. The molecule has 0 spiro atoms. The van der Waals surface area contributed by atoms with Crippen molar-refractivity contribution >= 4 is 22.3 Å². The summed E-state index contributed by atoms with van der Waals surface area (Å²) < 4.78 is 0.791. The molecule has 1 aliphatic rings. The van der Waals surface area contributed by atoms with Crippen LogP contribution in [-0.4, -0.2) is 5.92 Å². The van der Waals surface area contributed by atoms with Gasteiger partial charge in [-0.05, 0) is 0 Å². The average Bonchev–Trinajstić information content (AvgIpc) is 2.92. The van der Waals surface area contributed by atoms with Crippen LogP contribution in [-0.2, 0) is 22.4 Å². The van der Waals surface area contributed by atoms with E-state index < -0.39 is 22.4 Å². The maximum Gasteiger partial charge on any atom is -1.00 e. The van der Waals surface area contributed by atoms with Crippen molar-refractivity contribution in [1.29, 1.82) is 0 Å². The van der Waals surface area contributed by atoms with Gasteiger partial charge in [0.15, 0.2) is 0 Å². The van der Waals surface area contributed by atoms with Gasteiger partial charge in [0.25, 0.3) is 0 Å². The topological polar surface area (TPSA) is 0 Å². The van der Waals surface area contributed by atoms with Crippen LogP contribution in [0.4, 0.5) is 0 Å². The summed E-state index contributed by atoms with van der Waals surface area (Å²) in [6.07, 6.45) is 1.26. The Morgan fingerprint density at radius 3 is 2.20 bits per heavy atom. The zero-order valence-electron chi connectivity index (χ0n) is 18.4. The number of fused-ring (bicyclic) bond motifs is 2. The standard InChI is InChI=1S/C24H23.C2H6Si.2ClH.Zr/c1-16(2)14-20-15-19-10-7-13-23(24(19)17(20)3)22-12-6-9-18-8-4-5-11-21(18)22;1-3-2;;;/h4-13,15-16H,14H2,1-3H3;1-2H3;2*1H;/q;;;;+2/p-2. The molecule has 4 rings (SSSR count). The van der Waals surface area contributed by atoms with Gasteiger partial charge >= 0.3 is 183 Å². The van der Waals surface area contributed by atoms with E-state index in [2.05, 4.69) is 94.5 Å². The third-order valence-corrected chi connectivity index (χ3v) is 14.6. The van der Waals surface area contributed by atoms with Gasteiger partial charge in [0.05, 0.1) is 0 Å². The minimum Gasteiger partial charge on any atom is -1.00 e. The second-order valence-corrected chi connectivity index (χ2v) is 21.8. The van der Waals surface area contributed by atoms with E-state index in [4.69, 9.17) is 0 Å². The first-order chi connectivity index (χ1) is 13.5. The monoisotopic (exact) mass is 529 g/mol. The summed E-state index contributed by atoms with van der Waals surface area (Å²) in [6, 6.07) is 22.7. The van der Waals surface area contributed by atoms with E-state index in [-0.39, 0.29) is 30.7 Å². The van der Waals surface area contributed by atoms with E-state index in [0.29, 0.717) is 0 Å². The molecule has 1 radical (unpaired) electrons. The molecule has 4 heteroatoms. The van der Waals surface area contributed by atoms with Crippen molar-refractivity contribution in [3.63, 3.8) is 0 Å². The van der Waals surface area contributed by atoms with E-state index in [1.54, 1.807) is 22.3 Å². The Kier molecular flexibility index (Phi) is 9.19. The first kappa shape index (κ1) is 25.6. The van der Waals surface area contributed by atoms with Gasteiger partial charge < -0.3 is 24.8 Å². The van der Waals surface area contributed by atoms with E-state index in [0.717, 1.165) is 9.54 Å². The van der Waals surface area contributed by atoms with Crippen LogP contribution < -0.4 is 24.8 Å². The van der Waals surface area contributed by atoms with E-state index in [9.17, 15) is 0 Å². The van der Waals surface area contributed by atoms with Crippen molar-refractivity contribution in [2.45, 2.75) is 43.9 Å². The SMILES string of the molecule is CC1=C(CC(C)C)[CH]([Zr+2][Si](C)C)c2cccc(-c3cccc4ccccc34)c21.[Cl-].[Cl-]. The molecule has 3 aromatic carbocycles. The molecular formula is C26H29Cl2SiZr. The number of rotatable bonds is 5. The summed E-state index contributed by atoms with van der Waals surface area (Å²) in [5.74, 6) is 0.603. The predicted octanol–water partition coefficient (Wildman–Crippen LogP) is 1.72. The fraction of sp³-hybridized carbons (Fsp3) is 0.308. The number of hydrogen-bond donors (Lipinski definition) is 0. The first-order valence-corrected chi connectivity index (χ1v) is 18.0. The Hall–Kier alpha value is -0.660. The van der Waals surface area contributed by atoms with Gasteiger partial charge in [-0.25, -0.2) is 0 Å². The molecule has 3 aromatic rings. The molecule has 1 unspecified atom stereocenters. The Morgan fingerprint density at radius 2 is 1.50 bits per heavy atom. The summed E-state index contributed by atoms with van der Waals surface area (Å²) in [4.78, 5) is 0. The fourth-order valence-electron chi connectivity index (χ4n) is 4.64. The summed E-state index contributed by atoms with van der Waals surface area (Å²) in [6.45, 7) is 12.2. The first-order valence-electron chi connectivity index (χ1n) is 10.3. The summed E-state index contributed by atoms with van der Waals surface area (Å²) in [5.41, 5.74) is 9.40. The van der Waals surface area contributed by atoms with Gasteiger partial charge in [-0.15, -0.1) is 0 Å². The third kappa shape index (κ3) is 4.88. The smallest absolute Gasteiger partial charge is 1.00 e. The molecule has 0 bridgehead atoms. The van der Waals surface area contributed by atoms with Crippen LogP contribution in [0.3, 0.4) is 0 Å². The minimum atomic E-state index is -0.425. The van der Waals surface area contributed by atoms with Crippen LogP contribution in [0.25, 0.3) is 27.5 Å². The molecule has 0 saturated carbocycles. The molecule has 1 atom stereocenters. The number of benzene rings is 3. The van der Waals surface area contributed by atoms with Gasteiger partial charge in [0, 0.05) is 0 Å². The fourth-order valence-corrected chi connectivity index (χ4v) is 13.7. The van der Waals surface area contributed by atoms with Crippen LogP contribution in [0.1, 0.15) is 41.9 Å². The van der Waals surface area contributed by atoms with Crippen LogP contribution in [0.15, 0.2) is 66.2 Å². The van der Waals surface area contributed by atoms with Gasteiger partial charge in [0.1, 0.15) is 0 Å². The predicted molar refractivity (Wildman–Crippen MR) is 122 cm³/mol. The number of hydrogen-bond acceptors (Lipinski definition) is 0. The van der Waals surface area contributed by atoms with Crippen molar-refractivity contribution < 1.29 is 47.2 Å². The van der Waals surface area contributed by atoms with Gasteiger partial charge in [-0.1, -0.05) is 0 Å². The Balaban J connectivity index is 0.00000160. The van der Waals surface area contributed by atoms with Gasteiger partial charge in [-0.2, -0.15) is 0 Å². The summed E-state index contributed by atoms with van der Waals surface area (Å²) >= 11 is -0.425. The van der Waals surface area contributed by atoms with Gasteiger partial charge in [0.2, 0.25) is 0 Å². The molecule has 1 aliphatic carbocycles. The molecule has 0 heterocycles. The molecule has 0 N–H and O–H groups in total. The van der Waals surface area contributed by atoms with Crippen LogP contribution in [0.5, 0.6) is 0 Å². The molecular weight excluding hydrogens is 503 g/mol. The van der Waals surface area contributed by atoms with Crippen molar-refractivity contribution in [3.8, 4) is 11.1 Å². The zero-order chi connectivity index (χ0) is 19.8. The summed E-state index contributed by atoms with van der Waals surface area (Å²) in [5, 5.41) is 2.70. The summed E-state index contributed by atoms with van der Waals surface area (Å²) in [7, 11) is 0. The van der Waals surface area contributed by atoms with Crippen LogP contribution in [0.2, 0.25) is 13.1 Å². The second-order valence-electron chi connectivity index (χ2n) is 8.62. The molecule has 30 heavy (non-hydrogen) atoms. The molecule has 0 aromatic heterocycles. The maximum absolute atomic E-state index is 2.53. The number of allylic oxidation sites excluding steroid dienone is 2. The molecule has 155 valence electrons. The van der Waals surface area contributed by atoms with Crippen molar-refractivity contribution in [2.75, 3.05) is 0 Å². The molecule has 0 saturated heterocycles. The molecule has 0 nitrogen and oxygen atoms in total. The molecule has 0 aliphatic heterocycles.